The number of hydrogen-bond donors (Lipinski definition) is 0. The second-order valence-electron chi connectivity index (χ2n) is 6.01. The van der Waals surface area contributed by atoms with Gasteiger partial charge in [0, 0.05) is 11.1 Å². The van der Waals surface area contributed by atoms with Crippen LogP contribution in [-0.2, 0) is 4.74 Å². The normalized spacial score (nSPS) is 15.3. The van der Waals surface area contributed by atoms with Crippen molar-refractivity contribution in [1.29, 1.82) is 0 Å². The van der Waals surface area contributed by atoms with E-state index in [1.165, 1.54) is 30.6 Å². The van der Waals surface area contributed by atoms with Crippen LogP contribution in [0.1, 0.15) is 37.0 Å². The number of para-hydroxylation sites is 1. The van der Waals surface area contributed by atoms with Crippen LogP contribution in [0.5, 0.6) is 0 Å². The van der Waals surface area contributed by atoms with Crippen LogP contribution in [0, 0.1) is 12.8 Å². The highest BCUT2D eigenvalue weighted by atomic mass is 32.1. The van der Waals surface area contributed by atoms with Gasteiger partial charge >= 0.3 is 6.09 Å². The Labute approximate surface area is 141 Å². The second-order valence-corrected chi connectivity index (χ2v) is 7.22. The molecule has 0 unspecified atom stereocenters. The monoisotopic (exact) mass is 330 g/mol. The molecule has 2 aromatic rings. The predicted octanol–water partition coefficient (Wildman–Crippen LogP) is 5.31. The van der Waals surface area contributed by atoms with Crippen LogP contribution in [0.15, 0.2) is 36.5 Å². The summed E-state index contributed by atoms with van der Waals surface area (Å²) in [7, 11) is 0. The van der Waals surface area contributed by atoms with Crippen molar-refractivity contribution in [2.75, 3.05) is 11.5 Å². The lowest BCUT2D eigenvalue weighted by Gasteiger charge is -2.24. The topological polar surface area (TPSA) is 42.4 Å². The molecular weight excluding hydrogens is 308 g/mol. The van der Waals surface area contributed by atoms with Crippen molar-refractivity contribution < 1.29 is 9.53 Å². The van der Waals surface area contributed by atoms with Crippen molar-refractivity contribution >= 4 is 28.2 Å². The van der Waals surface area contributed by atoms with E-state index in [-0.39, 0.29) is 6.09 Å². The molecule has 3 rings (SSSR count). The fourth-order valence-corrected chi connectivity index (χ4v) is 3.69. The largest absolute Gasteiger partial charge is 0.449 e. The molecule has 4 nitrogen and oxygen atoms in total. The van der Waals surface area contributed by atoms with Crippen LogP contribution < -0.4 is 4.90 Å². The van der Waals surface area contributed by atoms with Gasteiger partial charge in [0.2, 0.25) is 0 Å². The van der Waals surface area contributed by atoms with Gasteiger partial charge in [-0.3, -0.25) is 0 Å². The molecular formula is C18H22N2O2S. The Morgan fingerprint density at radius 2 is 2.00 bits per heavy atom. The van der Waals surface area contributed by atoms with E-state index in [4.69, 9.17) is 4.74 Å². The molecule has 0 saturated heterocycles. The first kappa shape index (κ1) is 16.0. The first-order valence-electron chi connectivity index (χ1n) is 8.18. The maximum Gasteiger partial charge on any atom is 0.420 e. The summed E-state index contributed by atoms with van der Waals surface area (Å²) in [4.78, 5) is 19.7. The molecule has 0 atom stereocenters. The molecule has 1 amide bonds. The zero-order chi connectivity index (χ0) is 16.1. The van der Waals surface area contributed by atoms with Gasteiger partial charge in [0.15, 0.2) is 5.13 Å². The number of hydrogen-bond acceptors (Lipinski definition) is 4. The highest BCUT2D eigenvalue weighted by Gasteiger charge is 2.24. The molecule has 1 aromatic carbocycles. The molecule has 0 aliphatic heterocycles. The summed E-state index contributed by atoms with van der Waals surface area (Å²) >= 11 is 1.49. The SMILES string of the molecule is Cc1cnc(N(C(=O)OCC2CCCCC2)c2ccccc2)s1. The summed E-state index contributed by atoms with van der Waals surface area (Å²) in [5, 5.41) is 0.655. The Morgan fingerprint density at radius 3 is 2.65 bits per heavy atom. The molecule has 1 aromatic heterocycles. The van der Waals surface area contributed by atoms with Gasteiger partial charge in [0.25, 0.3) is 0 Å². The predicted molar refractivity (Wildman–Crippen MR) is 93.4 cm³/mol. The van der Waals surface area contributed by atoms with E-state index in [2.05, 4.69) is 4.98 Å². The maximum absolute atomic E-state index is 12.7. The molecule has 122 valence electrons. The van der Waals surface area contributed by atoms with Crippen molar-refractivity contribution in [1.82, 2.24) is 4.98 Å². The van der Waals surface area contributed by atoms with Gasteiger partial charge in [-0.05, 0) is 37.8 Å². The third kappa shape index (κ3) is 4.10. The van der Waals surface area contributed by atoms with E-state index in [1.54, 1.807) is 11.1 Å². The van der Waals surface area contributed by atoms with E-state index < -0.39 is 0 Å². The summed E-state index contributed by atoms with van der Waals surface area (Å²) in [6.07, 6.45) is 7.57. The Kier molecular flexibility index (Phi) is 5.28. The third-order valence-corrected chi connectivity index (χ3v) is 5.06. The minimum Gasteiger partial charge on any atom is -0.449 e. The lowest BCUT2D eigenvalue weighted by Crippen LogP contribution is -2.29. The molecule has 0 spiro atoms. The maximum atomic E-state index is 12.7. The Balaban J connectivity index is 1.73. The van der Waals surface area contributed by atoms with Gasteiger partial charge < -0.3 is 4.74 Å². The lowest BCUT2D eigenvalue weighted by atomic mass is 9.90. The molecule has 1 aliphatic rings. The Morgan fingerprint density at radius 1 is 1.26 bits per heavy atom. The van der Waals surface area contributed by atoms with Gasteiger partial charge in [-0.1, -0.05) is 37.5 Å². The van der Waals surface area contributed by atoms with E-state index in [9.17, 15) is 4.79 Å². The molecule has 1 heterocycles. The summed E-state index contributed by atoms with van der Waals surface area (Å²) < 4.78 is 5.62. The van der Waals surface area contributed by atoms with Crippen molar-refractivity contribution in [3.8, 4) is 0 Å². The zero-order valence-electron chi connectivity index (χ0n) is 13.4. The molecule has 23 heavy (non-hydrogen) atoms. The van der Waals surface area contributed by atoms with Crippen LogP contribution in [0.3, 0.4) is 0 Å². The van der Waals surface area contributed by atoms with Crippen LogP contribution in [0.25, 0.3) is 0 Å². The summed E-state index contributed by atoms with van der Waals surface area (Å²) in [6, 6.07) is 9.56. The minimum absolute atomic E-state index is 0.337. The molecule has 1 aliphatic carbocycles. The molecule has 5 heteroatoms. The summed E-state index contributed by atoms with van der Waals surface area (Å²) in [5.74, 6) is 0.503. The number of benzene rings is 1. The smallest absolute Gasteiger partial charge is 0.420 e. The Hall–Kier alpha value is -1.88. The van der Waals surface area contributed by atoms with Gasteiger partial charge in [-0.25, -0.2) is 14.7 Å². The van der Waals surface area contributed by atoms with Crippen LogP contribution in [-0.4, -0.2) is 17.7 Å². The molecule has 0 N–H and O–H groups in total. The second kappa shape index (κ2) is 7.59. The fraction of sp³-hybridized carbons (Fsp3) is 0.444. The number of carbonyl (C=O) groups is 1. The highest BCUT2D eigenvalue weighted by molar-refractivity contribution is 7.15. The van der Waals surface area contributed by atoms with Gasteiger partial charge in [-0.2, -0.15) is 0 Å². The number of aromatic nitrogens is 1. The third-order valence-electron chi connectivity index (χ3n) is 4.16. The number of nitrogens with zero attached hydrogens (tertiary/aromatic N) is 2. The van der Waals surface area contributed by atoms with Crippen molar-refractivity contribution in [2.24, 2.45) is 5.92 Å². The van der Waals surface area contributed by atoms with Gasteiger partial charge in [0.05, 0.1) is 12.3 Å². The average molecular weight is 330 g/mol. The average Bonchev–Trinajstić information content (AvgIpc) is 3.01. The summed E-state index contributed by atoms with van der Waals surface area (Å²) in [6.45, 7) is 2.49. The fourth-order valence-electron chi connectivity index (χ4n) is 2.92. The standard InChI is InChI=1S/C18H22N2O2S/c1-14-12-19-17(23-14)20(16-10-6-3-7-11-16)18(21)22-13-15-8-4-2-5-9-15/h3,6-7,10-12,15H,2,4-5,8-9,13H2,1H3. The summed E-state index contributed by atoms with van der Waals surface area (Å²) in [5.41, 5.74) is 0.787. The minimum atomic E-state index is -0.337. The van der Waals surface area contributed by atoms with Gasteiger partial charge in [-0.15, -0.1) is 11.3 Å². The van der Waals surface area contributed by atoms with Crippen LogP contribution in [0.2, 0.25) is 0 Å². The molecule has 1 saturated carbocycles. The number of amides is 1. The van der Waals surface area contributed by atoms with E-state index in [1.807, 2.05) is 37.3 Å². The number of aryl methyl sites for hydroxylation is 1. The number of ether oxygens (including phenoxy) is 1. The van der Waals surface area contributed by atoms with Crippen molar-refractivity contribution in [2.45, 2.75) is 39.0 Å². The number of thiazole rings is 1. The molecule has 1 fully saturated rings. The Bertz CT molecular complexity index is 635. The van der Waals surface area contributed by atoms with Crippen molar-refractivity contribution in [3.05, 3.63) is 41.4 Å². The molecule has 0 radical (unpaired) electrons. The first-order chi connectivity index (χ1) is 11.2. The van der Waals surface area contributed by atoms with Gasteiger partial charge in [0.1, 0.15) is 0 Å². The number of anilines is 2. The van der Waals surface area contributed by atoms with Crippen molar-refractivity contribution in [3.63, 3.8) is 0 Å². The van der Waals surface area contributed by atoms with Crippen LogP contribution in [0.4, 0.5) is 15.6 Å². The molecule has 0 bridgehead atoms. The quantitative estimate of drug-likeness (QED) is 0.763. The first-order valence-corrected chi connectivity index (χ1v) is 9.00. The van der Waals surface area contributed by atoms with E-state index >= 15 is 0 Å². The highest BCUT2D eigenvalue weighted by Crippen LogP contribution is 2.30. The zero-order valence-corrected chi connectivity index (χ0v) is 14.2. The lowest BCUT2D eigenvalue weighted by molar-refractivity contribution is 0.124. The van der Waals surface area contributed by atoms with E-state index in [0.717, 1.165) is 23.4 Å². The number of carbonyl (C=O) groups excluding carboxylic acids is 1. The van der Waals surface area contributed by atoms with Crippen LogP contribution >= 0.6 is 11.3 Å². The number of rotatable bonds is 4. The van der Waals surface area contributed by atoms with E-state index in [0.29, 0.717) is 17.7 Å².